The van der Waals surface area contributed by atoms with E-state index in [1.807, 2.05) is 0 Å². The second-order valence-electron chi connectivity index (χ2n) is 10.6. The third kappa shape index (κ3) is 11.4. The van der Waals surface area contributed by atoms with Gasteiger partial charge in [0, 0.05) is 17.2 Å². The first-order valence-electron chi connectivity index (χ1n) is 15.3. The molecule has 0 saturated carbocycles. The zero-order chi connectivity index (χ0) is 39.6. The van der Waals surface area contributed by atoms with Gasteiger partial charge < -0.3 is 28.8 Å². The first-order valence-corrected chi connectivity index (χ1v) is 16.0. The van der Waals surface area contributed by atoms with Crippen LogP contribution >= 0.6 is 23.2 Å². The SMILES string of the molecule is CC(Oc1ccc(Oc2cnc3cc(Cl)ccc3n2)cc1)C(=O)O.CCOC(=O)COC(=O)c1cc(Oc2ccc(C(F)(F)F)cc2Cl)ccc1[N+](=O)[O-]. The van der Waals surface area contributed by atoms with Crippen LogP contribution in [0, 0.1) is 10.1 Å². The number of alkyl halides is 3. The van der Waals surface area contributed by atoms with Gasteiger partial charge in [0.2, 0.25) is 5.88 Å². The van der Waals surface area contributed by atoms with Crippen LogP contribution in [0.15, 0.2) is 85.1 Å². The third-order valence-corrected chi connectivity index (χ3v) is 7.22. The van der Waals surface area contributed by atoms with Crippen molar-refractivity contribution in [3.63, 3.8) is 0 Å². The number of hydrogen-bond donors (Lipinski definition) is 1. The lowest BCUT2D eigenvalue weighted by Crippen LogP contribution is -2.22. The van der Waals surface area contributed by atoms with Gasteiger partial charge in [-0.15, -0.1) is 0 Å². The number of carboxylic acid groups (broad SMARTS) is 1. The zero-order valence-corrected chi connectivity index (χ0v) is 29.3. The molecule has 0 aliphatic heterocycles. The summed E-state index contributed by atoms with van der Waals surface area (Å²) < 4.78 is 63.7. The fourth-order valence-corrected chi connectivity index (χ4v) is 4.56. The summed E-state index contributed by atoms with van der Waals surface area (Å²) in [4.78, 5) is 53.1. The molecule has 1 heterocycles. The van der Waals surface area contributed by atoms with Crippen molar-refractivity contribution in [2.24, 2.45) is 0 Å². The van der Waals surface area contributed by atoms with Crippen molar-refractivity contribution in [1.82, 2.24) is 9.97 Å². The van der Waals surface area contributed by atoms with E-state index in [0.717, 1.165) is 30.3 Å². The first-order chi connectivity index (χ1) is 25.5. The number of esters is 2. The molecular formula is C35H26Cl2F3N3O11. The maximum absolute atomic E-state index is 12.7. The van der Waals surface area contributed by atoms with Gasteiger partial charge in [0.15, 0.2) is 12.7 Å². The summed E-state index contributed by atoms with van der Waals surface area (Å²) in [7, 11) is 0. The summed E-state index contributed by atoms with van der Waals surface area (Å²) in [5.41, 5.74) is -0.806. The highest BCUT2D eigenvalue weighted by Crippen LogP contribution is 2.37. The summed E-state index contributed by atoms with van der Waals surface area (Å²) in [6.07, 6.45) is -4.02. The van der Waals surface area contributed by atoms with E-state index < -0.39 is 58.5 Å². The average Bonchev–Trinajstić information content (AvgIpc) is 3.12. The van der Waals surface area contributed by atoms with Crippen LogP contribution < -0.4 is 14.2 Å². The van der Waals surface area contributed by atoms with Gasteiger partial charge in [-0.2, -0.15) is 13.2 Å². The van der Waals surface area contributed by atoms with Crippen LogP contribution in [0.1, 0.15) is 29.8 Å². The maximum atomic E-state index is 12.7. The summed E-state index contributed by atoms with van der Waals surface area (Å²) in [6, 6.07) is 17.2. The maximum Gasteiger partial charge on any atom is 0.416 e. The van der Waals surface area contributed by atoms with Crippen LogP contribution in [-0.2, 0) is 25.2 Å². The molecule has 5 rings (SSSR count). The Labute approximate surface area is 313 Å². The normalized spacial score (nSPS) is 11.4. The van der Waals surface area contributed by atoms with Crippen molar-refractivity contribution in [3.8, 4) is 28.9 Å². The Morgan fingerprint density at radius 1 is 0.889 bits per heavy atom. The van der Waals surface area contributed by atoms with Gasteiger partial charge in [-0.05, 0) is 80.6 Å². The first kappa shape index (κ1) is 40.6. The average molecular weight is 793 g/mol. The van der Waals surface area contributed by atoms with Gasteiger partial charge in [0.25, 0.3) is 5.69 Å². The number of nitrogens with zero attached hydrogens (tertiary/aromatic N) is 3. The van der Waals surface area contributed by atoms with E-state index in [1.54, 1.807) is 42.5 Å². The predicted molar refractivity (Wildman–Crippen MR) is 185 cm³/mol. The fourth-order valence-electron chi connectivity index (χ4n) is 4.17. The topological polar surface area (TPSA) is 187 Å². The number of halogens is 5. The van der Waals surface area contributed by atoms with E-state index in [9.17, 15) is 37.7 Å². The molecule has 0 fully saturated rings. The van der Waals surface area contributed by atoms with Crippen molar-refractivity contribution in [2.45, 2.75) is 26.1 Å². The van der Waals surface area contributed by atoms with E-state index in [2.05, 4.69) is 14.7 Å². The summed E-state index contributed by atoms with van der Waals surface area (Å²) in [5.74, 6) is -2.06. The third-order valence-electron chi connectivity index (χ3n) is 6.69. The van der Waals surface area contributed by atoms with Crippen molar-refractivity contribution in [3.05, 3.63) is 116 Å². The standard InChI is InChI=1S/C18H13ClF3NO7.C17H13ClN2O4/c1-2-28-16(24)9-29-17(25)12-8-11(4-5-14(12)23(26)27)30-15-6-3-10(7-13(15)19)18(20,21)22;1-10(17(21)22)23-12-3-5-13(6-4-12)24-16-9-19-15-8-11(18)2-7-14(15)20-16/h3-8H,2,9H2,1H3;2-10H,1H3,(H,21,22). The molecule has 1 atom stereocenters. The molecule has 1 N–H and O–H groups in total. The molecule has 0 spiro atoms. The number of carbonyl (C=O) groups is 3. The van der Waals surface area contributed by atoms with Crippen molar-refractivity contribution >= 4 is 57.8 Å². The molecule has 19 heteroatoms. The van der Waals surface area contributed by atoms with Crippen LogP contribution in [-0.4, -0.2) is 57.2 Å². The van der Waals surface area contributed by atoms with Crippen molar-refractivity contribution in [2.75, 3.05) is 13.2 Å². The number of aromatic nitrogens is 2. The Morgan fingerprint density at radius 3 is 2.20 bits per heavy atom. The number of ether oxygens (including phenoxy) is 5. The molecule has 0 amide bonds. The van der Waals surface area contributed by atoms with E-state index in [4.69, 9.17) is 47.3 Å². The Morgan fingerprint density at radius 2 is 1.57 bits per heavy atom. The smallest absolute Gasteiger partial charge is 0.416 e. The van der Waals surface area contributed by atoms with Crippen LogP contribution in [0.25, 0.3) is 11.0 Å². The molecule has 4 aromatic carbocycles. The Bertz CT molecular complexity index is 2170. The van der Waals surface area contributed by atoms with Gasteiger partial charge in [0.05, 0.1) is 39.3 Å². The molecule has 1 aromatic heterocycles. The highest BCUT2D eigenvalue weighted by molar-refractivity contribution is 6.32. The van der Waals surface area contributed by atoms with Crippen LogP contribution in [0.2, 0.25) is 10.0 Å². The molecule has 1 unspecified atom stereocenters. The molecule has 0 bridgehead atoms. The van der Waals surface area contributed by atoms with Crippen LogP contribution in [0.4, 0.5) is 18.9 Å². The van der Waals surface area contributed by atoms with Crippen molar-refractivity contribution in [1.29, 1.82) is 0 Å². The highest BCUT2D eigenvalue weighted by atomic mass is 35.5. The number of carbonyl (C=O) groups excluding carboxylic acids is 2. The molecule has 282 valence electrons. The number of rotatable bonds is 12. The number of fused-ring (bicyclic) bond motifs is 1. The lowest BCUT2D eigenvalue weighted by Gasteiger charge is -2.12. The number of aliphatic carboxylic acids is 1. The Balaban J connectivity index is 0.000000246. The molecular weight excluding hydrogens is 766 g/mol. The number of nitro benzene ring substituents is 1. The van der Waals surface area contributed by atoms with E-state index in [0.29, 0.717) is 39.5 Å². The van der Waals surface area contributed by atoms with E-state index in [1.165, 1.54) is 20.0 Å². The van der Waals surface area contributed by atoms with E-state index >= 15 is 0 Å². The monoisotopic (exact) mass is 791 g/mol. The minimum atomic E-state index is -4.61. The molecule has 0 saturated heterocycles. The minimum Gasteiger partial charge on any atom is -0.479 e. The van der Waals surface area contributed by atoms with Gasteiger partial charge in [-0.3, -0.25) is 10.1 Å². The van der Waals surface area contributed by atoms with Gasteiger partial charge >= 0.3 is 24.1 Å². The molecule has 5 aromatic rings. The Kier molecular flexibility index (Phi) is 13.5. The predicted octanol–water partition coefficient (Wildman–Crippen LogP) is 8.71. The molecule has 54 heavy (non-hydrogen) atoms. The zero-order valence-electron chi connectivity index (χ0n) is 27.8. The summed E-state index contributed by atoms with van der Waals surface area (Å²) in [5, 5.41) is 20.2. The van der Waals surface area contributed by atoms with Gasteiger partial charge in [-0.1, -0.05) is 23.2 Å². The highest BCUT2D eigenvalue weighted by Gasteiger charge is 2.31. The van der Waals surface area contributed by atoms with E-state index in [-0.39, 0.29) is 23.1 Å². The van der Waals surface area contributed by atoms with Crippen molar-refractivity contribution < 1.29 is 61.3 Å². The van der Waals surface area contributed by atoms with Gasteiger partial charge in [0.1, 0.15) is 28.6 Å². The number of carboxylic acids is 1. The number of benzene rings is 4. The number of nitro groups is 1. The molecule has 0 radical (unpaired) electrons. The van der Waals surface area contributed by atoms with Crippen LogP contribution in [0.5, 0.6) is 28.9 Å². The largest absolute Gasteiger partial charge is 0.479 e. The van der Waals surface area contributed by atoms with Crippen LogP contribution in [0.3, 0.4) is 0 Å². The Hall–Kier alpha value is -6.20. The quantitative estimate of drug-likeness (QED) is 0.0719. The molecule has 14 nitrogen and oxygen atoms in total. The summed E-state index contributed by atoms with van der Waals surface area (Å²) >= 11 is 11.7. The molecule has 0 aliphatic rings. The molecule has 0 aliphatic carbocycles. The lowest BCUT2D eigenvalue weighted by atomic mass is 10.1. The fraction of sp³-hybridized carbons (Fsp3) is 0.171. The van der Waals surface area contributed by atoms with Gasteiger partial charge in [-0.25, -0.2) is 24.4 Å². The minimum absolute atomic E-state index is 0.0493. The second-order valence-corrected chi connectivity index (χ2v) is 11.4. The summed E-state index contributed by atoms with van der Waals surface area (Å²) in [6.45, 7) is 2.29. The number of hydrogen-bond acceptors (Lipinski definition) is 12. The lowest BCUT2D eigenvalue weighted by molar-refractivity contribution is -0.385. The second kappa shape index (κ2) is 18.0.